The van der Waals surface area contributed by atoms with Gasteiger partial charge in [-0.3, -0.25) is 4.57 Å². The number of hydrogen-bond donors (Lipinski definition) is 0. The SMILES string of the molecule is Cc1ccc(-n2cncc2C(F)(F)F)cc1[C@H]1CO[C@]2(CC[C@H](CI)[C@H]2c2ccc(F)cc2)C1. The number of imidazole rings is 1. The molecule has 2 heterocycles. The Kier molecular flexibility index (Phi) is 6.25. The van der Waals surface area contributed by atoms with Gasteiger partial charge in [0.05, 0.1) is 24.7 Å². The normalized spacial score (nSPS) is 27.1. The fourth-order valence-corrected chi connectivity index (χ4v) is 6.86. The molecule has 0 unspecified atom stereocenters. The van der Waals surface area contributed by atoms with Gasteiger partial charge in [0.25, 0.3) is 0 Å². The lowest BCUT2D eigenvalue weighted by Gasteiger charge is -2.33. The van der Waals surface area contributed by atoms with Gasteiger partial charge < -0.3 is 4.74 Å². The molecule has 3 aromatic rings. The minimum absolute atomic E-state index is 0.0775. The van der Waals surface area contributed by atoms with Crippen molar-refractivity contribution in [2.24, 2.45) is 5.92 Å². The van der Waals surface area contributed by atoms with Crippen molar-refractivity contribution < 1.29 is 22.3 Å². The van der Waals surface area contributed by atoms with Crippen LogP contribution in [-0.4, -0.2) is 26.2 Å². The fraction of sp³-hybridized carbons (Fsp3) is 0.423. The Hall–Kier alpha value is -1.94. The number of alkyl halides is 4. The van der Waals surface area contributed by atoms with Crippen molar-refractivity contribution in [2.45, 2.75) is 49.8 Å². The van der Waals surface area contributed by atoms with Crippen molar-refractivity contribution in [2.75, 3.05) is 11.0 Å². The topological polar surface area (TPSA) is 27.1 Å². The van der Waals surface area contributed by atoms with E-state index in [4.69, 9.17) is 4.74 Å². The quantitative estimate of drug-likeness (QED) is 0.184. The molecule has 34 heavy (non-hydrogen) atoms. The Morgan fingerprint density at radius 2 is 1.94 bits per heavy atom. The Morgan fingerprint density at radius 1 is 1.18 bits per heavy atom. The first-order valence-electron chi connectivity index (χ1n) is 11.4. The Bertz CT molecular complexity index is 1180. The van der Waals surface area contributed by atoms with E-state index in [1.807, 2.05) is 31.2 Å². The zero-order chi connectivity index (χ0) is 24.1. The van der Waals surface area contributed by atoms with Gasteiger partial charge in [-0.2, -0.15) is 13.2 Å². The van der Waals surface area contributed by atoms with E-state index in [1.165, 1.54) is 18.5 Å². The molecule has 1 aromatic heterocycles. The number of aromatic nitrogens is 2. The van der Waals surface area contributed by atoms with Gasteiger partial charge in [0, 0.05) is 22.0 Å². The van der Waals surface area contributed by atoms with E-state index in [9.17, 15) is 17.6 Å². The van der Waals surface area contributed by atoms with Crippen LogP contribution in [0, 0.1) is 18.7 Å². The summed E-state index contributed by atoms with van der Waals surface area (Å²) in [6, 6.07) is 12.2. The van der Waals surface area contributed by atoms with Crippen LogP contribution in [0.3, 0.4) is 0 Å². The van der Waals surface area contributed by atoms with E-state index in [0.29, 0.717) is 18.2 Å². The minimum atomic E-state index is -4.48. The van der Waals surface area contributed by atoms with Crippen molar-refractivity contribution in [1.82, 2.24) is 9.55 Å². The highest BCUT2D eigenvalue weighted by molar-refractivity contribution is 14.1. The summed E-state index contributed by atoms with van der Waals surface area (Å²) in [7, 11) is 0. The molecule has 8 heteroatoms. The van der Waals surface area contributed by atoms with Gasteiger partial charge in [-0.25, -0.2) is 9.37 Å². The molecule has 2 aromatic carbocycles. The van der Waals surface area contributed by atoms with E-state index in [1.54, 1.807) is 6.07 Å². The zero-order valence-electron chi connectivity index (χ0n) is 18.7. The molecule has 0 N–H and O–H groups in total. The van der Waals surface area contributed by atoms with Crippen molar-refractivity contribution >= 4 is 22.6 Å². The highest BCUT2D eigenvalue weighted by Gasteiger charge is 2.54. The van der Waals surface area contributed by atoms with Gasteiger partial charge in [0.15, 0.2) is 0 Å². The van der Waals surface area contributed by atoms with Crippen molar-refractivity contribution in [3.8, 4) is 5.69 Å². The number of aryl methyl sites for hydroxylation is 1. The van der Waals surface area contributed by atoms with Crippen LogP contribution in [0.25, 0.3) is 5.69 Å². The van der Waals surface area contributed by atoms with Crippen LogP contribution in [0.5, 0.6) is 0 Å². The molecular weight excluding hydrogens is 559 g/mol. The average Bonchev–Trinajstić information content (AvgIpc) is 3.54. The van der Waals surface area contributed by atoms with Gasteiger partial charge in [0.2, 0.25) is 0 Å². The summed E-state index contributed by atoms with van der Waals surface area (Å²) in [5.74, 6) is 0.437. The lowest BCUT2D eigenvalue weighted by molar-refractivity contribution is -0.142. The lowest BCUT2D eigenvalue weighted by atomic mass is 9.76. The standard InChI is InChI=1S/C26H25F4IN2O/c1-16-2-7-21(33-15-32-13-23(33)26(28,29)30)10-22(16)19-11-25(34-14-19)9-8-18(12-31)24(25)17-3-5-20(27)6-4-17/h2-7,10,13,15,18-19,24H,8-9,11-12,14H2,1H3/t18-,19-,24-,25-/m1/s1. The average molecular weight is 584 g/mol. The first-order chi connectivity index (χ1) is 16.2. The monoisotopic (exact) mass is 584 g/mol. The number of halogens is 5. The Morgan fingerprint density at radius 3 is 2.65 bits per heavy atom. The molecule has 1 aliphatic carbocycles. The van der Waals surface area contributed by atoms with Crippen molar-refractivity contribution in [3.63, 3.8) is 0 Å². The van der Waals surface area contributed by atoms with Crippen LogP contribution in [-0.2, 0) is 10.9 Å². The van der Waals surface area contributed by atoms with Gasteiger partial charge in [-0.15, -0.1) is 0 Å². The summed E-state index contributed by atoms with van der Waals surface area (Å²) >= 11 is 2.42. The molecule has 2 aliphatic rings. The van der Waals surface area contributed by atoms with Gasteiger partial charge >= 0.3 is 6.18 Å². The highest BCUT2D eigenvalue weighted by atomic mass is 127. The molecule has 1 aliphatic heterocycles. The third-order valence-electron chi connectivity index (χ3n) is 7.48. The van der Waals surface area contributed by atoms with Gasteiger partial charge in [-0.05, 0) is 73.1 Å². The molecular formula is C26H25F4IN2O. The first kappa shape index (κ1) is 23.8. The third-order valence-corrected chi connectivity index (χ3v) is 8.61. The molecule has 0 radical (unpaired) electrons. The predicted octanol–water partition coefficient (Wildman–Crippen LogP) is 7.21. The molecule has 2 fully saturated rings. The molecule has 1 saturated heterocycles. The summed E-state index contributed by atoms with van der Waals surface area (Å²) in [6.07, 6.45) is 0.337. The van der Waals surface area contributed by atoms with Crippen LogP contribution in [0.4, 0.5) is 17.6 Å². The Labute approximate surface area is 209 Å². The smallest absolute Gasteiger partial charge is 0.374 e. The number of hydrogen-bond acceptors (Lipinski definition) is 2. The molecule has 0 bridgehead atoms. The maximum Gasteiger partial charge on any atom is 0.433 e. The lowest BCUT2D eigenvalue weighted by Crippen LogP contribution is -2.33. The van der Waals surface area contributed by atoms with E-state index < -0.39 is 11.9 Å². The molecule has 3 nitrogen and oxygen atoms in total. The molecule has 4 atom stereocenters. The zero-order valence-corrected chi connectivity index (χ0v) is 20.8. The Balaban J connectivity index is 1.47. The summed E-state index contributed by atoms with van der Waals surface area (Å²) in [5, 5.41) is 0. The number of benzene rings is 2. The molecule has 0 amide bonds. The van der Waals surface area contributed by atoms with Gasteiger partial charge in [0.1, 0.15) is 11.5 Å². The maximum absolute atomic E-state index is 13.6. The number of rotatable bonds is 4. The second-order valence-corrected chi connectivity index (χ2v) is 10.3. The molecule has 180 valence electrons. The molecule has 5 rings (SSSR count). The second-order valence-electron chi connectivity index (χ2n) is 9.45. The van der Waals surface area contributed by atoms with Crippen LogP contribution in [0.2, 0.25) is 0 Å². The van der Waals surface area contributed by atoms with E-state index in [0.717, 1.165) is 51.1 Å². The minimum Gasteiger partial charge on any atom is -0.374 e. The molecule has 1 spiro atoms. The van der Waals surface area contributed by atoms with Crippen LogP contribution in [0.1, 0.15) is 53.5 Å². The maximum atomic E-state index is 13.6. The first-order valence-corrected chi connectivity index (χ1v) is 12.9. The fourth-order valence-electron chi connectivity index (χ4n) is 5.91. The van der Waals surface area contributed by atoms with Gasteiger partial charge in [-0.1, -0.05) is 40.8 Å². The number of ether oxygens (including phenoxy) is 1. The summed E-state index contributed by atoms with van der Waals surface area (Å²) in [5.41, 5.74) is 2.45. The van der Waals surface area contributed by atoms with Crippen LogP contribution >= 0.6 is 22.6 Å². The second kappa shape index (κ2) is 8.93. The summed E-state index contributed by atoms with van der Waals surface area (Å²) < 4.78 is 62.6. The van der Waals surface area contributed by atoms with Crippen molar-refractivity contribution in [3.05, 3.63) is 83.2 Å². The predicted molar refractivity (Wildman–Crippen MR) is 130 cm³/mol. The van der Waals surface area contributed by atoms with E-state index >= 15 is 0 Å². The summed E-state index contributed by atoms with van der Waals surface area (Å²) in [4.78, 5) is 3.73. The summed E-state index contributed by atoms with van der Waals surface area (Å²) in [6.45, 7) is 2.51. The third kappa shape index (κ3) is 4.17. The molecule has 1 saturated carbocycles. The van der Waals surface area contributed by atoms with Crippen LogP contribution < -0.4 is 0 Å². The number of nitrogens with zero attached hydrogens (tertiary/aromatic N) is 2. The van der Waals surface area contributed by atoms with Crippen molar-refractivity contribution in [1.29, 1.82) is 0 Å². The van der Waals surface area contributed by atoms with E-state index in [2.05, 4.69) is 27.6 Å². The van der Waals surface area contributed by atoms with E-state index in [-0.39, 0.29) is 23.3 Å². The van der Waals surface area contributed by atoms with Crippen LogP contribution in [0.15, 0.2) is 55.0 Å². The largest absolute Gasteiger partial charge is 0.433 e. The highest BCUT2D eigenvalue weighted by Crippen LogP contribution is 2.57.